The average Bonchev–Trinajstić information content (AvgIpc) is 2.29. The highest BCUT2D eigenvalue weighted by atomic mass is 16.6. The molecule has 1 N–H and O–H groups in total. The summed E-state index contributed by atoms with van der Waals surface area (Å²) < 4.78 is 0. The number of nitro groups is 1. The third kappa shape index (κ3) is 3.53. The van der Waals surface area contributed by atoms with Crippen LogP contribution < -0.4 is 5.32 Å². The van der Waals surface area contributed by atoms with Crippen LogP contribution in [0.2, 0.25) is 0 Å². The van der Waals surface area contributed by atoms with Gasteiger partial charge in [-0.2, -0.15) is 0 Å². The van der Waals surface area contributed by atoms with Gasteiger partial charge >= 0.3 is 0 Å². The van der Waals surface area contributed by atoms with Gasteiger partial charge in [-0.15, -0.1) is 0 Å². The smallest absolute Gasteiger partial charge is 0.269 e. The molecule has 0 aliphatic rings. The minimum absolute atomic E-state index is 0.150. The minimum atomic E-state index is -0.359. The molecule has 0 radical (unpaired) electrons. The molecule has 1 aromatic rings. The molecule has 0 amide bonds. The Morgan fingerprint density at radius 3 is 2.17 bits per heavy atom. The summed E-state index contributed by atoms with van der Waals surface area (Å²) >= 11 is 0. The maximum Gasteiger partial charge on any atom is 0.269 e. The summed E-state index contributed by atoms with van der Waals surface area (Å²) in [6, 6.07) is 7.27. The van der Waals surface area contributed by atoms with E-state index in [0.717, 1.165) is 12.1 Å². The summed E-state index contributed by atoms with van der Waals surface area (Å²) in [6.45, 7) is 9.54. The molecule has 1 aromatic carbocycles. The summed E-state index contributed by atoms with van der Waals surface area (Å²) in [5, 5.41) is 14.1. The Morgan fingerprint density at radius 2 is 1.78 bits per heavy atom. The van der Waals surface area contributed by atoms with E-state index in [1.54, 1.807) is 12.1 Å². The normalized spacial score (nSPS) is 14.5. The van der Waals surface area contributed by atoms with E-state index >= 15 is 0 Å². The van der Waals surface area contributed by atoms with Gasteiger partial charge in [-0.3, -0.25) is 10.1 Å². The molecule has 18 heavy (non-hydrogen) atoms. The molecule has 100 valence electrons. The first-order valence-corrected chi connectivity index (χ1v) is 6.45. The van der Waals surface area contributed by atoms with Crippen molar-refractivity contribution in [3.8, 4) is 0 Å². The highest BCUT2D eigenvalue weighted by Gasteiger charge is 2.22. The number of benzene rings is 1. The van der Waals surface area contributed by atoms with E-state index in [1.807, 2.05) is 12.1 Å². The van der Waals surface area contributed by atoms with E-state index in [1.165, 1.54) is 0 Å². The van der Waals surface area contributed by atoms with Crippen LogP contribution in [-0.2, 0) is 0 Å². The van der Waals surface area contributed by atoms with Crippen molar-refractivity contribution in [2.45, 2.75) is 39.7 Å². The highest BCUT2D eigenvalue weighted by Crippen LogP contribution is 2.29. The lowest BCUT2D eigenvalue weighted by atomic mass is 9.83. The highest BCUT2D eigenvalue weighted by molar-refractivity contribution is 5.35. The van der Waals surface area contributed by atoms with Crippen LogP contribution in [0, 0.1) is 16.0 Å². The van der Waals surface area contributed by atoms with Crippen LogP contribution in [-0.4, -0.2) is 17.5 Å². The van der Waals surface area contributed by atoms with Gasteiger partial charge in [0.05, 0.1) is 4.92 Å². The quantitative estimate of drug-likeness (QED) is 0.622. The fourth-order valence-corrected chi connectivity index (χ4v) is 2.52. The maximum absolute atomic E-state index is 10.6. The zero-order valence-corrected chi connectivity index (χ0v) is 11.5. The minimum Gasteiger partial charge on any atom is -0.314 e. The van der Waals surface area contributed by atoms with Crippen LogP contribution >= 0.6 is 0 Å². The van der Waals surface area contributed by atoms with E-state index < -0.39 is 0 Å². The van der Waals surface area contributed by atoms with Crippen molar-refractivity contribution in [2.75, 3.05) is 6.54 Å². The predicted octanol–water partition coefficient (Wildman–Crippen LogP) is 3.33. The molecule has 0 spiro atoms. The van der Waals surface area contributed by atoms with Gasteiger partial charge in [-0.25, -0.2) is 0 Å². The Balaban J connectivity index is 2.95. The molecule has 4 heteroatoms. The molecular weight excluding hydrogens is 228 g/mol. The van der Waals surface area contributed by atoms with Crippen molar-refractivity contribution in [1.29, 1.82) is 0 Å². The molecular formula is C14H22N2O2. The maximum atomic E-state index is 10.6. The van der Waals surface area contributed by atoms with Gasteiger partial charge in [0, 0.05) is 24.1 Å². The number of nitrogens with one attached hydrogen (secondary N) is 1. The molecule has 2 unspecified atom stereocenters. The van der Waals surface area contributed by atoms with Gasteiger partial charge in [-0.1, -0.05) is 32.9 Å². The van der Waals surface area contributed by atoms with Crippen LogP contribution in [0.4, 0.5) is 5.69 Å². The SMILES string of the molecule is CCNC(C)C(c1ccc([N+](=O)[O-])cc1)C(C)C. The Bertz CT molecular complexity index is 387. The summed E-state index contributed by atoms with van der Waals surface area (Å²) in [4.78, 5) is 10.3. The number of likely N-dealkylation sites (N-methyl/N-ethyl adjacent to an activating group) is 1. The second-order valence-corrected chi connectivity index (χ2v) is 4.96. The summed E-state index contributed by atoms with van der Waals surface area (Å²) in [5.74, 6) is 0.853. The summed E-state index contributed by atoms with van der Waals surface area (Å²) in [6.07, 6.45) is 0. The van der Waals surface area contributed by atoms with Crippen LogP contribution in [0.15, 0.2) is 24.3 Å². The van der Waals surface area contributed by atoms with Crippen LogP contribution in [0.25, 0.3) is 0 Å². The third-order valence-electron chi connectivity index (χ3n) is 3.27. The number of hydrogen-bond acceptors (Lipinski definition) is 3. The van der Waals surface area contributed by atoms with Crippen molar-refractivity contribution in [2.24, 2.45) is 5.92 Å². The number of nitro benzene ring substituents is 1. The predicted molar refractivity (Wildman–Crippen MR) is 73.8 cm³/mol. The van der Waals surface area contributed by atoms with Gasteiger partial charge < -0.3 is 5.32 Å². The lowest BCUT2D eigenvalue weighted by Gasteiger charge is -2.28. The molecule has 2 atom stereocenters. The second-order valence-electron chi connectivity index (χ2n) is 4.96. The van der Waals surface area contributed by atoms with Crippen molar-refractivity contribution in [1.82, 2.24) is 5.32 Å². The Hall–Kier alpha value is -1.42. The Labute approximate surface area is 109 Å². The lowest BCUT2D eigenvalue weighted by molar-refractivity contribution is -0.384. The Morgan fingerprint density at radius 1 is 1.22 bits per heavy atom. The fourth-order valence-electron chi connectivity index (χ4n) is 2.52. The number of rotatable bonds is 6. The zero-order chi connectivity index (χ0) is 13.7. The molecule has 0 aliphatic carbocycles. The standard InChI is InChI=1S/C14H22N2O2/c1-5-15-11(4)14(10(2)3)12-6-8-13(9-7-12)16(17)18/h6-11,14-15H,5H2,1-4H3. The third-order valence-corrected chi connectivity index (χ3v) is 3.27. The first-order chi connectivity index (χ1) is 8.47. The molecule has 0 aliphatic heterocycles. The van der Waals surface area contributed by atoms with E-state index in [4.69, 9.17) is 0 Å². The van der Waals surface area contributed by atoms with Crippen molar-refractivity contribution >= 4 is 5.69 Å². The summed E-state index contributed by atoms with van der Waals surface area (Å²) in [7, 11) is 0. The second kappa shape index (κ2) is 6.50. The molecule has 4 nitrogen and oxygen atoms in total. The van der Waals surface area contributed by atoms with Gasteiger partial charge in [-0.05, 0) is 24.9 Å². The Kier molecular flexibility index (Phi) is 5.28. The summed E-state index contributed by atoms with van der Waals surface area (Å²) in [5.41, 5.74) is 1.31. The largest absolute Gasteiger partial charge is 0.314 e. The first kappa shape index (κ1) is 14.6. The van der Waals surface area contributed by atoms with Crippen LogP contribution in [0.1, 0.15) is 39.2 Å². The van der Waals surface area contributed by atoms with Crippen LogP contribution in [0.3, 0.4) is 0 Å². The molecule has 0 aromatic heterocycles. The van der Waals surface area contributed by atoms with E-state index in [-0.39, 0.29) is 10.6 Å². The van der Waals surface area contributed by atoms with E-state index in [0.29, 0.717) is 17.9 Å². The molecule has 1 rings (SSSR count). The van der Waals surface area contributed by atoms with E-state index in [9.17, 15) is 10.1 Å². The molecule has 0 heterocycles. The van der Waals surface area contributed by atoms with Crippen molar-refractivity contribution < 1.29 is 4.92 Å². The molecule has 0 bridgehead atoms. The number of hydrogen-bond donors (Lipinski definition) is 1. The van der Waals surface area contributed by atoms with Gasteiger partial charge in [0.25, 0.3) is 5.69 Å². The van der Waals surface area contributed by atoms with Crippen molar-refractivity contribution in [3.63, 3.8) is 0 Å². The molecule has 0 fully saturated rings. The van der Waals surface area contributed by atoms with E-state index in [2.05, 4.69) is 33.0 Å². The number of nitrogens with zero attached hydrogens (tertiary/aromatic N) is 1. The van der Waals surface area contributed by atoms with Crippen LogP contribution in [0.5, 0.6) is 0 Å². The fraction of sp³-hybridized carbons (Fsp3) is 0.571. The molecule has 0 saturated heterocycles. The van der Waals surface area contributed by atoms with Gasteiger partial charge in [0.2, 0.25) is 0 Å². The van der Waals surface area contributed by atoms with Gasteiger partial charge in [0.15, 0.2) is 0 Å². The zero-order valence-electron chi connectivity index (χ0n) is 11.5. The topological polar surface area (TPSA) is 55.2 Å². The van der Waals surface area contributed by atoms with Gasteiger partial charge in [0.1, 0.15) is 0 Å². The average molecular weight is 250 g/mol. The number of non-ortho nitro benzene ring substituents is 1. The van der Waals surface area contributed by atoms with Crippen molar-refractivity contribution in [3.05, 3.63) is 39.9 Å². The lowest BCUT2D eigenvalue weighted by Crippen LogP contribution is -2.34. The monoisotopic (exact) mass is 250 g/mol. The first-order valence-electron chi connectivity index (χ1n) is 6.45. The molecule has 0 saturated carbocycles.